The lowest BCUT2D eigenvalue weighted by Gasteiger charge is -2.36. The largest absolute Gasteiger partial charge is 0.502 e. The van der Waals surface area contributed by atoms with Crippen molar-refractivity contribution in [2.75, 3.05) is 0 Å². The van der Waals surface area contributed by atoms with Crippen LogP contribution in [0.5, 0.6) is 23.0 Å². The van der Waals surface area contributed by atoms with E-state index in [0.717, 1.165) is 24.3 Å². The van der Waals surface area contributed by atoms with Gasteiger partial charge in [0.05, 0.1) is 26.5 Å². The van der Waals surface area contributed by atoms with E-state index in [1.165, 1.54) is 6.07 Å². The van der Waals surface area contributed by atoms with Crippen LogP contribution in [0.25, 0.3) is 0 Å². The number of hydrogen-bond acceptors (Lipinski definition) is 9. The van der Waals surface area contributed by atoms with Gasteiger partial charge in [-0.25, -0.2) is 4.79 Å². The molecule has 0 amide bonds. The molecule has 31 heavy (non-hydrogen) atoms. The Kier molecular flexibility index (Phi) is 3.51. The SMILES string of the molecule is O=C1OC2(c3cc([N+](=O)[O-])c(O)cc3Oc3cc(O)c([N+](=O)[O-])cc32)c2ccccc21. The minimum Gasteiger partial charge on any atom is -0.502 e. The summed E-state index contributed by atoms with van der Waals surface area (Å²) in [6, 6.07) is 10.2. The molecule has 2 N–H and O–H groups in total. The number of fused-ring (bicyclic) bond motifs is 6. The van der Waals surface area contributed by atoms with E-state index in [2.05, 4.69) is 0 Å². The van der Waals surface area contributed by atoms with Crippen molar-refractivity contribution >= 4 is 17.3 Å². The van der Waals surface area contributed by atoms with Gasteiger partial charge in [-0.1, -0.05) is 18.2 Å². The van der Waals surface area contributed by atoms with Crippen molar-refractivity contribution in [3.63, 3.8) is 0 Å². The molecule has 11 nitrogen and oxygen atoms in total. The number of phenolic OH excluding ortho intramolecular Hbond substituents is 2. The van der Waals surface area contributed by atoms with E-state index in [1.54, 1.807) is 18.2 Å². The van der Waals surface area contributed by atoms with E-state index in [-0.39, 0.29) is 33.8 Å². The number of esters is 1. The third-order valence-electron chi connectivity index (χ3n) is 5.30. The minimum atomic E-state index is -1.83. The van der Waals surface area contributed by atoms with Gasteiger partial charge in [-0.2, -0.15) is 0 Å². The number of benzene rings is 3. The fraction of sp³-hybridized carbons (Fsp3) is 0.0500. The number of carbonyl (C=O) groups is 1. The Balaban J connectivity index is 1.93. The molecule has 11 heteroatoms. The maximum atomic E-state index is 12.7. The van der Waals surface area contributed by atoms with Crippen molar-refractivity contribution in [1.29, 1.82) is 0 Å². The summed E-state index contributed by atoms with van der Waals surface area (Å²) < 4.78 is 11.4. The zero-order valence-electron chi connectivity index (χ0n) is 15.3. The Morgan fingerprint density at radius 3 is 1.84 bits per heavy atom. The summed E-state index contributed by atoms with van der Waals surface area (Å²) in [7, 11) is 0. The van der Waals surface area contributed by atoms with Crippen LogP contribution in [0.15, 0.2) is 48.5 Å². The van der Waals surface area contributed by atoms with Crippen LogP contribution in [-0.2, 0) is 10.3 Å². The smallest absolute Gasteiger partial charge is 0.340 e. The molecule has 2 heterocycles. The third kappa shape index (κ3) is 2.31. The van der Waals surface area contributed by atoms with Gasteiger partial charge in [0.1, 0.15) is 11.5 Å². The van der Waals surface area contributed by atoms with E-state index in [1.807, 2.05) is 0 Å². The predicted octanol–water partition coefficient (Wildman–Crippen LogP) is 3.48. The highest BCUT2D eigenvalue weighted by atomic mass is 16.6. The Bertz CT molecular complexity index is 1280. The zero-order chi connectivity index (χ0) is 22.1. The summed E-state index contributed by atoms with van der Waals surface area (Å²) in [6.45, 7) is 0. The molecule has 2 aliphatic heterocycles. The van der Waals surface area contributed by atoms with Gasteiger partial charge in [0.2, 0.25) is 0 Å². The molecule has 0 atom stereocenters. The van der Waals surface area contributed by atoms with Gasteiger partial charge in [0.25, 0.3) is 0 Å². The second-order valence-electron chi connectivity index (χ2n) is 6.91. The topological polar surface area (TPSA) is 162 Å². The van der Waals surface area contributed by atoms with Crippen molar-refractivity contribution in [3.8, 4) is 23.0 Å². The standard InChI is InChI=1S/C20H10N2O9/c23-15-7-17-11(5-13(15)21(26)27)20(10-4-2-1-3-9(10)19(25)31-20)12-6-14(22(28)29)16(24)8-18(12)30-17/h1-8,23-24H. The lowest BCUT2D eigenvalue weighted by molar-refractivity contribution is -0.386. The highest BCUT2D eigenvalue weighted by Crippen LogP contribution is 2.59. The number of nitro benzene ring substituents is 2. The first-order valence-corrected chi connectivity index (χ1v) is 8.78. The summed E-state index contributed by atoms with van der Waals surface area (Å²) in [6.07, 6.45) is 0. The Morgan fingerprint density at radius 1 is 0.806 bits per heavy atom. The monoisotopic (exact) mass is 422 g/mol. The number of nitro groups is 2. The fourth-order valence-electron chi connectivity index (χ4n) is 4.01. The molecule has 1 spiro atoms. The number of aromatic hydroxyl groups is 2. The Morgan fingerprint density at radius 2 is 1.32 bits per heavy atom. The summed E-state index contributed by atoms with van der Waals surface area (Å²) >= 11 is 0. The molecule has 0 aromatic heterocycles. The fourth-order valence-corrected chi connectivity index (χ4v) is 4.01. The molecule has 2 aliphatic rings. The summed E-state index contributed by atoms with van der Waals surface area (Å²) in [5.41, 5.74) is -2.71. The highest BCUT2D eigenvalue weighted by molar-refractivity contribution is 5.97. The number of ether oxygens (including phenoxy) is 2. The summed E-state index contributed by atoms with van der Waals surface area (Å²) in [5.74, 6) is -2.28. The molecule has 0 aliphatic carbocycles. The maximum absolute atomic E-state index is 12.7. The van der Waals surface area contributed by atoms with Crippen LogP contribution in [0.3, 0.4) is 0 Å². The second-order valence-corrected chi connectivity index (χ2v) is 6.91. The van der Waals surface area contributed by atoms with Crippen molar-refractivity contribution < 1.29 is 34.3 Å². The van der Waals surface area contributed by atoms with Crippen LogP contribution in [0, 0.1) is 20.2 Å². The van der Waals surface area contributed by atoms with Crippen molar-refractivity contribution in [3.05, 3.63) is 91.0 Å². The van der Waals surface area contributed by atoms with E-state index in [4.69, 9.17) is 9.47 Å². The molecule has 0 fully saturated rings. The lowest BCUT2D eigenvalue weighted by atomic mass is 9.77. The van der Waals surface area contributed by atoms with Crippen LogP contribution < -0.4 is 4.74 Å². The van der Waals surface area contributed by atoms with Crippen LogP contribution in [-0.4, -0.2) is 26.0 Å². The van der Waals surface area contributed by atoms with Crippen molar-refractivity contribution in [1.82, 2.24) is 0 Å². The number of nitrogens with zero attached hydrogens (tertiary/aromatic N) is 2. The molecule has 3 aromatic rings. The number of carbonyl (C=O) groups excluding carboxylic acids is 1. The van der Waals surface area contributed by atoms with Gasteiger partial charge in [-0.15, -0.1) is 0 Å². The van der Waals surface area contributed by atoms with Gasteiger partial charge in [0.15, 0.2) is 17.1 Å². The quantitative estimate of drug-likeness (QED) is 0.357. The normalized spacial score (nSPS) is 14.8. The molecule has 3 aromatic carbocycles. The van der Waals surface area contributed by atoms with Gasteiger partial charge in [-0.05, 0) is 6.07 Å². The number of hydrogen-bond donors (Lipinski definition) is 2. The van der Waals surface area contributed by atoms with Gasteiger partial charge < -0.3 is 19.7 Å². The molecule has 0 bridgehead atoms. The van der Waals surface area contributed by atoms with Gasteiger partial charge in [-0.3, -0.25) is 20.2 Å². The molecule has 0 unspecified atom stereocenters. The zero-order valence-corrected chi connectivity index (χ0v) is 15.3. The van der Waals surface area contributed by atoms with E-state index in [0.29, 0.717) is 0 Å². The van der Waals surface area contributed by atoms with Crippen molar-refractivity contribution in [2.45, 2.75) is 5.60 Å². The Labute approximate surface area is 172 Å². The molecular formula is C20H10N2O9. The molecule has 5 rings (SSSR count). The molecule has 0 radical (unpaired) electrons. The predicted molar refractivity (Wildman–Crippen MR) is 101 cm³/mol. The maximum Gasteiger partial charge on any atom is 0.340 e. The number of phenols is 2. The first kappa shape index (κ1) is 18.4. The van der Waals surface area contributed by atoms with Crippen LogP contribution in [0.4, 0.5) is 11.4 Å². The average Bonchev–Trinajstić information content (AvgIpc) is 3.00. The van der Waals surface area contributed by atoms with Crippen molar-refractivity contribution in [2.24, 2.45) is 0 Å². The highest BCUT2D eigenvalue weighted by Gasteiger charge is 2.55. The number of rotatable bonds is 2. The first-order chi connectivity index (χ1) is 14.7. The minimum absolute atomic E-state index is 0.00258. The molecule has 154 valence electrons. The van der Waals surface area contributed by atoms with Crippen LogP contribution in [0.1, 0.15) is 27.0 Å². The summed E-state index contributed by atoms with van der Waals surface area (Å²) in [4.78, 5) is 33.9. The Hall–Kier alpha value is -4.67. The van der Waals surface area contributed by atoms with Crippen LogP contribution >= 0.6 is 0 Å². The summed E-state index contributed by atoms with van der Waals surface area (Å²) in [5, 5.41) is 43.0. The van der Waals surface area contributed by atoms with E-state index < -0.39 is 44.3 Å². The molecule has 0 saturated carbocycles. The third-order valence-corrected chi connectivity index (χ3v) is 5.30. The molecule has 0 saturated heterocycles. The van der Waals surface area contributed by atoms with Gasteiger partial charge >= 0.3 is 17.3 Å². The van der Waals surface area contributed by atoms with Gasteiger partial charge in [0, 0.05) is 29.8 Å². The van der Waals surface area contributed by atoms with E-state index >= 15 is 0 Å². The van der Waals surface area contributed by atoms with E-state index in [9.17, 15) is 35.2 Å². The van der Waals surface area contributed by atoms with Crippen LogP contribution in [0.2, 0.25) is 0 Å². The average molecular weight is 422 g/mol. The second kappa shape index (κ2) is 5.92. The first-order valence-electron chi connectivity index (χ1n) is 8.78. The lowest BCUT2D eigenvalue weighted by Crippen LogP contribution is -2.33. The molecular weight excluding hydrogens is 412 g/mol.